The zero-order valence-corrected chi connectivity index (χ0v) is 32.0. The summed E-state index contributed by atoms with van der Waals surface area (Å²) < 4.78 is 40.9. The number of hydrogen-bond donors (Lipinski definition) is 0. The van der Waals surface area contributed by atoms with Gasteiger partial charge in [-0.3, -0.25) is 4.98 Å². The second-order valence-corrected chi connectivity index (χ2v) is 28.4. The summed E-state index contributed by atoms with van der Waals surface area (Å²) in [5.74, 6) is 2.88. The molecule has 4 aromatic heterocycles. The van der Waals surface area contributed by atoms with Crippen molar-refractivity contribution >= 4 is 38.9 Å². The molecule has 13 heteroatoms. The Hall–Kier alpha value is -2.59. The molecule has 260 valence electrons. The first-order chi connectivity index (χ1) is 22.8. The zero-order chi connectivity index (χ0) is 34.1. The summed E-state index contributed by atoms with van der Waals surface area (Å²) in [6, 6.07) is 8.21. The SMILES string of the molecule is C[Si](C)(C)CCOCN(COCC[Si](C)(C)C)c1cc([C@H]2C[C@@H]3CC[C@@H](C3)C2)nc2c(-c3ccc(-c4ncc(C(F)F)s4)nc3)cnn12. The lowest BCUT2D eigenvalue weighted by Crippen LogP contribution is -2.33. The maximum atomic E-state index is 13.2. The Bertz CT molecular complexity index is 1640. The van der Waals surface area contributed by atoms with Crippen molar-refractivity contribution in [1.82, 2.24) is 24.6 Å². The molecular formula is C35H50F2N6O2SSi2. The van der Waals surface area contributed by atoms with Gasteiger partial charge in [0.05, 0.1) is 16.8 Å². The third-order valence-corrected chi connectivity index (χ3v) is 14.1. The normalized spacial score (nSPS) is 19.9. The molecule has 0 N–H and O–H groups in total. The van der Waals surface area contributed by atoms with E-state index in [4.69, 9.17) is 19.6 Å². The molecule has 0 amide bonds. The number of fused-ring (bicyclic) bond motifs is 3. The predicted molar refractivity (Wildman–Crippen MR) is 196 cm³/mol. The van der Waals surface area contributed by atoms with E-state index < -0.39 is 22.6 Å². The van der Waals surface area contributed by atoms with Gasteiger partial charge in [-0.05, 0) is 49.3 Å². The quantitative estimate of drug-likeness (QED) is 0.0690. The second kappa shape index (κ2) is 14.7. The van der Waals surface area contributed by atoms with Crippen molar-refractivity contribution in [2.24, 2.45) is 11.8 Å². The van der Waals surface area contributed by atoms with Crippen molar-refractivity contribution < 1.29 is 18.3 Å². The fourth-order valence-electron chi connectivity index (χ4n) is 6.81. The topological polar surface area (TPSA) is 77.7 Å². The van der Waals surface area contributed by atoms with E-state index in [1.165, 1.54) is 38.3 Å². The minimum atomic E-state index is -2.54. The average Bonchev–Trinajstić information content (AvgIpc) is 3.77. The van der Waals surface area contributed by atoms with Gasteiger partial charge in [-0.25, -0.2) is 18.7 Å². The fourth-order valence-corrected chi connectivity index (χ4v) is 9.08. The number of ether oxygens (including phenoxy) is 2. The Morgan fingerprint density at radius 2 is 1.56 bits per heavy atom. The summed E-state index contributed by atoms with van der Waals surface area (Å²) in [5.41, 5.74) is 4.19. The third-order valence-electron chi connectivity index (χ3n) is 9.62. The molecule has 0 spiro atoms. The Morgan fingerprint density at radius 3 is 2.12 bits per heavy atom. The van der Waals surface area contributed by atoms with Crippen LogP contribution in [0.3, 0.4) is 0 Å². The largest absolute Gasteiger partial charge is 0.361 e. The highest BCUT2D eigenvalue weighted by Crippen LogP contribution is 2.48. The molecular weight excluding hydrogens is 663 g/mol. The van der Waals surface area contributed by atoms with E-state index in [2.05, 4.69) is 60.2 Å². The van der Waals surface area contributed by atoms with E-state index in [0.717, 1.165) is 63.5 Å². The van der Waals surface area contributed by atoms with Gasteiger partial charge in [-0.1, -0.05) is 58.2 Å². The predicted octanol–water partition coefficient (Wildman–Crippen LogP) is 9.58. The molecule has 48 heavy (non-hydrogen) atoms. The summed E-state index contributed by atoms with van der Waals surface area (Å²) in [7, 11) is -2.49. The molecule has 6 rings (SSSR count). The van der Waals surface area contributed by atoms with Crippen molar-refractivity contribution in [2.75, 3.05) is 31.6 Å². The van der Waals surface area contributed by atoms with Crippen molar-refractivity contribution in [2.45, 2.75) is 95.8 Å². The molecule has 4 heterocycles. The second-order valence-electron chi connectivity index (χ2n) is 16.1. The van der Waals surface area contributed by atoms with Crippen LogP contribution in [0.2, 0.25) is 51.4 Å². The molecule has 0 radical (unpaired) electrons. The number of hydrogen-bond acceptors (Lipinski definition) is 8. The van der Waals surface area contributed by atoms with Crippen LogP contribution in [0.1, 0.15) is 55.0 Å². The first-order valence-corrected chi connectivity index (χ1v) is 25.6. The number of anilines is 1. The Labute approximate surface area is 289 Å². The molecule has 2 saturated carbocycles. The van der Waals surface area contributed by atoms with Crippen LogP contribution >= 0.6 is 11.3 Å². The molecule has 0 aliphatic heterocycles. The van der Waals surface area contributed by atoms with Crippen LogP contribution in [0.25, 0.3) is 27.5 Å². The molecule has 2 aliphatic rings. The summed E-state index contributed by atoms with van der Waals surface area (Å²) in [4.78, 5) is 16.2. The first-order valence-electron chi connectivity index (χ1n) is 17.3. The Kier molecular flexibility index (Phi) is 10.8. The number of rotatable bonds is 15. The molecule has 2 aliphatic carbocycles. The molecule has 0 unspecified atom stereocenters. The van der Waals surface area contributed by atoms with Crippen molar-refractivity contribution in [3.05, 3.63) is 47.4 Å². The average molecular weight is 713 g/mol. The summed E-state index contributed by atoms with van der Waals surface area (Å²) in [6.45, 7) is 16.5. The lowest BCUT2D eigenvalue weighted by molar-refractivity contribution is 0.0942. The van der Waals surface area contributed by atoms with Crippen LogP contribution in [-0.2, 0) is 9.47 Å². The van der Waals surface area contributed by atoms with E-state index in [1.807, 2.05) is 22.8 Å². The molecule has 8 nitrogen and oxygen atoms in total. The highest BCUT2D eigenvalue weighted by atomic mass is 32.1. The monoisotopic (exact) mass is 712 g/mol. The molecule has 3 atom stereocenters. The number of halogens is 2. The number of nitrogens with zero attached hydrogens (tertiary/aromatic N) is 6. The van der Waals surface area contributed by atoms with E-state index in [1.54, 1.807) is 6.20 Å². The summed E-state index contributed by atoms with van der Waals surface area (Å²) >= 11 is 0.969. The van der Waals surface area contributed by atoms with Gasteiger partial charge < -0.3 is 14.4 Å². The fraction of sp³-hybridized carbons (Fsp3) is 0.600. The van der Waals surface area contributed by atoms with Crippen molar-refractivity contribution in [3.63, 3.8) is 0 Å². The van der Waals surface area contributed by atoms with Gasteiger partial charge in [-0.2, -0.15) is 9.61 Å². The maximum absolute atomic E-state index is 13.2. The minimum Gasteiger partial charge on any atom is -0.361 e. The zero-order valence-electron chi connectivity index (χ0n) is 29.2. The van der Waals surface area contributed by atoms with Crippen LogP contribution in [0, 0.1) is 11.8 Å². The minimum absolute atomic E-state index is 0.0580. The van der Waals surface area contributed by atoms with E-state index in [-0.39, 0.29) is 4.88 Å². The standard InChI is InChI=1S/C35H50F2N6O2SSi2/c1-47(2,3)13-11-44-22-42(23-45-12-14-48(4,5)6)32-18-30(27-16-24-7-8-25(15-24)17-27)41-34-28(20-40-43(32)34)26-9-10-29(38-19-26)35-39-21-31(46-35)33(36)37/h9-10,18-21,24-25,27,33H,7-8,11-17,22-23H2,1-6H3/t24-,25+,27+. The molecule has 2 bridgehead atoms. The van der Waals surface area contributed by atoms with E-state index in [0.29, 0.717) is 43.3 Å². The van der Waals surface area contributed by atoms with Crippen LogP contribution in [0.4, 0.5) is 14.6 Å². The first kappa shape index (κ1) is 35.2. The third kappa shape index (κ3) is 8.76. The van der Waals surface area contributed by atoms with Crippen LogP contribution < -0.4 is 4.90 Å². The van der Waals surface area contributed by atoms with Gasteiger partial charge in [0, 0.05) is 70.6 Å². The molecule has 2 fully saturated rings. The highest BCUT2D eigenvalue weighted by Gasteiger charge is 2.36. The van der Waals surface area contributed by atoms with Crippen LogP contribution in [-0.4, -0.2) is 67.4 Å². The summed E-state index contributed by atoms with van der Waals surface area (Å²) in [5, 5.41) is 5.35. The van der Waals surface area contributed by atoms with Gasteiger partial charge in [0.1, 0.15) is 24.3 Å². The lowest BCUT2D eigenvalue weighted by atomic mass is 9.79. The van der Waals surface area contributed by atoms with E-state index in [9.17, 15) is 8.78 Å². The van der Waals surface area contributed by atoms with Crippen molar-refractivity contribution in [3.8, 4) is 21.8 Å². The van der Waals surface area contributed by atoms with Gasteiger partial charge >= 0.3 is 0 Å². The summed E-state index contributed by atoms with van der Waals surface area (Å²) in [6.07, 6.45) is 8.65. The van der Waals surface area contributed by atoms with Gasteiger partial charge in [0.15, 0.2) is 5.65 Å². The number of pyridine rings is 1. The van der Waals surface area contributed by atoms with Crippen LogP contribution in [0.5, 0.6) is 0 Å². The molecule has 0 aromatic carbocycles. The van der Waals surface area contributed by atoms with Gasteiger partial charge in [0.25, 0.3) is 6.43 Å². The van der Waals surface area contributed by atoms with Gasteiger partial charge in [0.2, 0.25) is 0 Å². The van der Waals surface area contributed by atoms with Crippen molar-refractivity contribution in [1.29, 1.82) is 0 Å². The molecule has 0 saturated heterocycles. The number of thiazole rings is 1. The molecule has 4 aromatic rings. The van der Waals surface area contributed by atoms with Gasteiger partial charge in [-0.15, -0.1) is 11.3 Å². The number of aromatic nitrogens is 5. The highest BCUT2D eigenvalue weighted by molar-refractivity contribution is 7.15. The number of alkyl halides is 2. The smallest absolute Gasteiger partial charge is 0.274 e. The van der Waals surface area contributed by atoms with E-state index >= 15 is 0 Å². The Morgan fingerprint density at radius 1 is 0.896 bits per heavy atom. The maximum Gasteiger partial charge on any atom is 0.274 e. The Balaban J connectivity index is 1.35. The van der Waals surface area contributed by atoms with Crippen LogP contribution in [0.15, 0.2) is 36.8 Å². The lowest BCUT2D eigenvalue weighted by Gasteiger charge is -2.30.